The van der Waals surface area contributed by atoms with E-state index in [-0.39, 0.29) is 5.92 Å². The average Bonchev–Trinajstić information content (AvgIpc) is 3.32. The molecule has 3 unspecified atom stereocenters. The summed E-state index contributed by atoms with van der Waals surface area (Å²) in [6, 6.07) is 58.0. The van der Waals surface area contributed by atoms with Crippen molar-refractivity contribution >= 4 is 73.1 Å². The third-order valence-electron chi connectivity index (χ3n) is 11.2. The Hall–Kier alpha value is -5.99. The maximum absolute atomic E-state index is 15.1. The van der Waals surface area contributed by atoms with Gasteiger partial charge < -0.3 is 4.52 Å². The summed E-state index contributed by atoms with van der Waals surface area (Å²) in [5.74, 6) is 0.339. The molecule has 3 atom stereocenters. The molecule has 0 fully saturated rings. The molecule has 0 spiro atoms. The van der Waals surface area contributed by atoms with Crippen LogP contribution in [0.25, 0.3) is 76.6 Å². The second-order valence-electron chi connectivity index (χ2n) is 14.4. The van der Waals surface area contributed by atoms with E-state index in [2.05, 4.69) is 170 Å². The Bertz CT molecular complexity index is 3090. The van der Waals surface area contributed by atoms with Crippen molar-refractivity contribution in [1.29, 1.82) is 0 Å². The van der Waals surface area contributed by atoms with Crippen molar-refractivity contribution in [1.82, 2.24) is 0 Å². The number of hydrogen-bond acceptors (Lipinski definition) is 3. The monoisotopic (exact) mass is 700 g/mol. The summed E-state index contributed by atoms with van der Waals surface area (Å²) >= 11 is 0. The molecule has 0 saturated heterocycles. The normalized spacial score (nSPS) is 19.4. The van der Waals surface area contributed by atoms with Gasteiger partial charge in [-0.05, 0) is 88.1 Å². The van der Waals surface area contributed by atoms with Gasteiger partial charge in [-0.25, -0.2) is 4.57 Å². The van der Waals surface area contributed by atoms with Crippen molar-refractivity contribution in [2.24, 2.45) is 0 Å². The van der Waals surface area contributed by atoms with Crippen LogP contribution in [0.3, 0.4) is 0 Å². The lowest BCUT2D eigenvalue weighted by atomic mass is 9.76. The highest BCUT2D eigenvalue weighted by molar-refractivity contribution is 7.53. The van der Waals surface area contributed by atoms with Crippen LogP contribution in [0.5, 0.6) is 5.75 Å². The molecule has 2 aliphatic rings. The smallest absolute Gasteiger partial charge is 0.376 e. The zero-order valence-electron chi connectivity index (χ0n) is 29.0. The first-order chi connectivity index (χ1) is 26.0. The predicted molar refractivity (Wildman–Crippen MR) is 220 cm³/mol. The molecule has 0 aromatic heterocycles. The molecule has 0 N–H and O–H groups in total. The van der Waals surface area contributed by atoms with Crippen LogP contribution in [0, 0.1) is 0 Å². The van der Waals surface area contributed by atoms with Crippen LogP contribution in [0.4, 0.5) is 0 Å². The summed E-state index contributed by atoms with van der Waals surface area (Å²) < 4.78 is 29.0. The molecule has 9 aromatic rings. The predicted octanol–water partition coefficient (Wildman–Crippen LogP) is 11.5. The number of fused-ring (bicyclic) bond motifs is 10. The first-order valence-electron chi connectivity index (χ1n) is 18.2. The van der Waals surface area contributed by atoms with Crippen molar-refractivity contribution in [3.8, 4) is 16.9 Å². The second-order valence-corrected chi connectivity index (χ2v) is 16.3. The topological polar surface area (TPSA) is 35.5 Å². The van der Waals surface area contributed by atoms with E-state index in [1.54, 1.807) is 6.66 Å². The Morgan fingerprint density at radius 3 is 1.55 bits per heavy atom. The average molecular weight is 701 g/mol. The Morgan fingerprint density at radius 2 is 0.962 bits per heavy atom. The summed E-state index contributed by atoms with van der Waals surface area (Å²) in [7, 11) is -3.73. The van der Waals surface area contributed by atoms with E-state index in [9.17, 15) is 0 Å². The fraction of sp³-hybridized carbons (Fsp3) is 0.0612. The summed E-state index contributed by atoms with van der Waals surface area (Å²) in [5, 5.41) is 13.5. The van der Waals surface area contributed by atoms with Crippen molar-refractivity contribution in [3.05, 3.63) is 185 Å². The molecular formula is C49H33O3P. The fourth-order valence-corrected chi connectivity index (χ4v) is 10.3. The summed E-state index contributed by atoms with van der Waals surface area (Å²) in [5.41, 5.74) is 5.08. The van der Waals surface area contributed by atoms with E-state index in [0.717, 1.165) is 86.6 Å². The van der Waals surface area contributed by atoms with Gasteiger partial charge in [-0.15, -0.1) is 0 Å². The number of benzene rings is 9. The molecule has 53 heavy (non-hydrogen) atoms. The van der Waals surface area contributed by atoms with Gasteiger partial charge in [-0.1, -0.05) is 152 Å². The van der Waals surface area contributed by atoms with E-state index < -0.39 is 13.7 Å². The highest BCUT2D eigenvalue weighted by atomic mass is 31.2. The zero-order chi connectivity index (χ0) is 35.3. The van der Waals surface area contributed by atoms with Gasteiger partial charge in [0.1, 0.15) is 11.9 Å². The molecule has 0 amide bonds. The molecule has 1 aliphatic carbocycles. The molecular weight excluding hydrogens is 668 g/mol. The van der Waals surface area contributed by atoms with E-state index in [4.69, 9.17) is 9.05 Å². The van der Waals surface area contributed by atoms with Gasteiger partial charge in [0.25, 0.3) is 0 Å². The molecule has 1 aliphatic heterocycles. The number of rotatable bonds is 2. The zero-order valence-corrected chi connectivity index (χ0v) is 29.9. The maximum atomic E-state index is 15.1. The third-order valence-corrected chi connectivity index (χ3v) is 12.4. The van der Waals surface area contributed by atoms with Crippen LogP contribution < -0.4 is 15.0 Å². The van der Waals surface area contributed by atoms with Gasteiger partial charge in [-0.3, -0.25) is 4.52 Å². The molecule has 9 aromatic carbocycles. The Morgan fingerprint density at radius 1 is 0.509 bits per heavy atom. The molecule has 11 rings (SSSR count). The molecule has 252 valence electrons. The van der Waals surface area contributed by atoms with Gasteiger partial charge in [0.15, 0.2) is 0 Å². The second kappa shape index (κ2) is 11.5. The molecule has 3 nitrogen and oxygen atoms in total. The molecule has 0 radical (unpaired) electrons. The van der Waals surface area contributed by atoms with Crippen LogP contribution in [0.1, 0.15) is 17.0 Å². The van der Waals surface area contributed by atoms with Gasteiger partial charge in [0.2, 0.25) is 0 Å². The SMILES string of the molecule is CP1(=O)Oc2c(-c3c4ccccc4cc4ccccc34)cc3ccccc3c2C2=c3ccccc3=CC(c3c4ccccc4cc4ccccc34)C2O1. The quantitative estimate of drug-likeness (QED) is 0.133. The minimum atomic E-state index is -3.73. The minimum absolute atomic E-state index is 0.264. The lowest BCUT2D eigenvalue weighted by molar-refractivity contribution is 0.222. The lowest BCUT2D eigenvalue weighted by Crippen LogP contribution is -2.39. The maximum Gasteiger partial charge on any atom is 0.376 e. The van der Waals surface area contributed by atoms with Crippen molar-refractivity contribution < 1.29 is 13.6 Å². The first kappa shape index (κ1) is 30.6. The van der Waals surface area contributed by atoms with Crippen LogP contribution >= 0.6 is 7.60 Å². The lowest BCUT2D eigenvalue weighted by Gasteiger charge is -2.31. The van der Waals surface area contributed by atoms with Crippen molar-refractivity contribution in [3.63, 3.8) is 0 Å². The van der Waals surface area contributed by atoms with E-state index in [0.29, 0.717) is 5.75 Å². The van der Waals surface area contributed by atoms with Crippen LogP contribution in [0.15, 0.2) is 164 Å². The van der Waals surface area contributed by atoms with Gasteiger partial charge in [-0.2, -0.15) is 0 Å². The van der Waals surface area contributed by atoms with E-state index >= 15 is 4.57 Å². The summed E-state index contributed by atoms with van der Waals surface area (Å²) in [6.45, 7) is 1.64. The van der Waals surface area contributed by atoms with Crippen LogP contribution in [-0.4, -0.2) is 12.8 Å². The largest absolute Gasteiger partial charge is 0.423 e. The van der Waals surface area contributed by atoms with Crippen molar-refractivity contribution in [2.75, 3.05) is 6.66 Å². The van der Waals surface area contributed by atoms with Gasteiger partial charge in [0.05, 0.1) is 0 Å². The first-order valence-corrected chi connectivity index (χ1v) is 20.2. The summed E-state index contributed by atoms with van der Waals surface area (Å²) in [6.07, 6.45) is 1.73. The Kier molecular flexibility index (Phi) is 6.65. The van der Waals surface area contributed by atoms with E-state index in [1.165, 1.54) is 5.56 Å². The van der Waals surface area contributed by atoms with Crippen LogP contribution in [0.2, 0.25) is 0 Å². The minimum Gasteiger partial charge on any atom is -0.423 e. The number of hydrogen-bond donors (Lipinski definition) is 0. The molecule has 0 saturated carbocycles. The Balaban J connectivity index is 1.31. The van der Waals surface area contributed by atoms with Crippen molar-refractivity contribution in [2.45, 2.75) is 12.0 Å². The third kappa shape index (κ3) is 4.68. The molecule has 1 heterocycles. The fourth-order valence-electron chi connectivity index (χ4n) is 9.11. The molecule has 0 bridgehead atoms. The van der Waals surface area contributed by atoms with Gasteiger partial charge >= 0.3 is 7.60 Å². The summed E-state index contributed by atoms with van der Waals surface area (Å²) in [4.78, 5) is 0. The highest BCUT2D eigenvalue weighted by Gasteiger charge is 2.42. The van der Waals surface area contributed by atoms with Gasteiger partial charge in [0, 0.05) is 34.8 Å². The van der Waals surface area contributed by atoms with Crippen LogP contribution in [-0.2, 0) is 9.09 Å². The Labute approximate surface area is 306 Å². The molecule has 4 heteroatoms. The van der Waals surface area contributed by atoms with E-state index in [1.807, 2.05) is 0 Å². The highest BCUT2D eigenvalue weighted by Crippen LogP contribution is 2.60. The standard InChI is InChI=1S/C49H33O3P/c1-53(50)51-48-42(44-36-20-8-2-14-30(36)26-31-15-3-9-21-37(31)44)28-34-18-6-12-24-40(34)46(48)47-41-25-13-7-19-35(41)29-43(49(47)52-53)45-38-22-10-4-16-32(38)27-33-17-5-11-23-39(33)45/h2-29,42,48H,1H3.